The fourth-order valence-electron chi connectivity index (χ4n) is 2.78. The molecule has 24 heavy (non-hydrogen) atoms. The van der Waals surface area contributed by atoms with Gasteiger partial charge in [-0.25, -0.2) is 9.48 Å². The van der Waals surface area contributed by atoms with E-state index in [-0.39, 0.29) is 5.91 Å². The third-order valence-electron chi connectivity index (χ3n) is 4.07. The van der Waals surface area contributed by atoms with Crippen LogP contribution < -0.4 is 16.0 Å². The summed E-state index contributed by atoms with van der Waals surface area (Å²) < 4.78 is 1.67. The largest absolute Gasteiger partial charge is 0.354 e. The van der Waals surface area contributed by atoms with Gasteiger partial charge in [0.25, 0.3) is 0 Å². The molecule has 0 bridgehead atoms. The van der Waals surface area contributed by atoms with E-state index in [9.17, 15) is 9.59 Å². The van der Waals surface area contributed by atoms with E-state index in [1.165, 1.54) is 0 Å². The molecule has 3 rings (SSSR count). The van der Waals surface area contributed by atoms with Crippen LogP contribution >= 0.6 is 0 Å². The number of aromatic nitrogens is 2. The molecular formula is C17H21N5O2. The average molecular weight is 327 g/mol. The summed E-state index contributed by atoms with van der Waals surface area (Å²) in [6.45, 7) is 2.65. The molecule has 3 amide bonds. The summed E-state index contributed by atoms with van der Waals surface area (Å²) in [5.74, 6) is 0.422. The Morgan fingerprint density at radius 3 is 2.96 bits per heavy atom. The molecule has 126 valence electrons. The molecule has 0 spiro atoms. The molecule has 0 saturated carbocycles. The lowest BCUT2D eigenvalue weighted by atomic mass is 10.1. The van der Waals surface area contributed by atoms with Crippen LogP contribution in [-0.2, 0) is 4.79 Å². The van der Waals surface area contributed by atoms with Crippen LogP contribution in [0.25, 0.3) is 5.69 Å². The van der Waals surface area contributed by atoms with E-state index >= 15 is 0 Å². The highest BCUT2D eigenvalue weighted by atomic mass is 16.2. The number of hydrogen-bond acceptors (Lipinski definition) is 3. The average Bonchev–Trinajstić information content (AvgIpc) is 2.91. The molecule has 0 radical (unpaired) electrons. The highest BCUT2D eigenvalue weighted by Gasteiger charge is 2.22. The maximum absolute atomic E-state index is 12.3. The summed E-state index contributed by atoms with van der Waals surface area (Å²) in [7, 11) is 0. The van der Waals surface area contributed by atoms with Crippen molar-refractivity contribution in [3.63, 3.8) is 0 Å². The van der Waals surface area contributed by atoms with Crippen LogP contribution in [0.3, 0.4) is 0 Å². The van der Waals surface area contributed by atoms with Gasteiger partial charge in [-0.15, -0.1) is 0 Å². The van der Waals surface area contributed by atoms with Crippen molar-refractivity contribution in [1.29, 1.82) is 0 Å². The Morgan fingerprint density at radius 1 is 1.29 bits per heavy atom. The molecule has 1 fully saturated rings. The minimum absolute atomic E-state index is 0.130. The highest BCUT2D eigenvalue weighted by molar-refractivity contribution is 5.93. The molecule has 1 aliphatic heterocycles. The van der Waals surface area contributed by atoms with Crippen molar-refractivity contribution in [3.8, 4) is 5.69 Å². The second-order valence-corrected chi connectivity index (χ2v) is 5.85. The molecular weight excluding hydrogens is 306 g/mol. The van der Waals surface area contributed by atoms with Crippen LogP contribution in [0, 0.1) is 6.92 Å². The van der Waals surface area contributed by atoms with Crippen LogP contribution in [0.5, 0.6) is 0 Å². The van der Waals surface area contributed by atoms with Gasteiger partial charge in [-0.3, -0.25) is 10.1 Å². The molecule has 7 heteroatoms. The lowest BCUT2D eigenvalue weighted by Crippen LogP contribution is -2.47. The lowest BCUT2D eigenvalue weighted by Gasteiger charge is -2.16. The summed E-state index contributed by atoms with van der Waals surface area (Å²) in [4.78, 5) is 24.2. The zero-order chi connectivity index (χ0) is 16.9. The topological polar surface area (TPSA) is 88.1 Å². The van der Waals surface area contributed by atoms with Crippen LogP contribution in [0.2, 0.25) is 0 Å². The number of anilines is 1. The first-order chi connectivity index (χ1) is 11.6. The normalized spacial score (nSPS) is 17.7. The maximum Gasteiger partial charge on any atom is 0.321 e. The SMILES string of the molecule is Cc1ccccc1-n1nccc1NC(=O)NC1CCCCNC1=O. The monoisotopic (exact) mass is 327 g/mol. The lowest BCUT2D eigenvalue weighted by molar-refractivity contribution is -0.122. The van der Waals surface area contributed by atoms with Gasteiger partial charge in [-0.05, 0) is 37.8 Å². The minimum atomic E-state index is -0.498. The van der Waals surface area contributed by atoms with E-state index in [2.05, 4.69) is 21.0 Å². The molecule has 1 aromatic carbocycles. The number of amides is 3. The molecule has 2 aromatic rings. The first-order valence-corrected chi connectivity index (χ1v) is 8.10. The predicted octanol–water partition coefficient (Wildman–Crippen LogP) is 1.97. The van der Waals surface area contributed by atoms with Gasteiger partial charge in [0, 0.05) is 12.6 Å². The predicted molar refractivity (Wildman–Crippen MR) is 91.1 cm³/mol. The number of benzene rings is 1. The Kier molecular flexibility index (Phi) is 4.79. The van der Waals surface area contributed by atoms with Crippen LogP contribution in [-0.4, -0.2) is 34.3 Å². The van der Waals surface area contributed by atoms with Gasteiger partial charge in [0.1, 0.15) is 11.9 Å². The Hall–Kier alpha value is -2.83. The van der Waals surface area contributed by atoms with Gasteiger partial charge >= 0.3 is 6.03 Å². The first kappa shape index (κ1) is 16.0. The van der Waals surface area contributed by atoms with Crippen LogP contribution in [0.4, 0.5) is 10.6 Å². The van der Waals surface area contributed by atoms with Gasteiger partial charge in [0.2, 0.25) is 5.91 Å². The zero-order valence-corrected chi connectivity index (χ0v) is 13.6. The number of carbonyl (C=O) groups excluding carboxylic acids is 2. The number of rotatable bonds is 3. The molecule has 1 aliphatic rings. The molecule has 1 saturated heterocycles. The Bertz CT molecular complexity index is 740. The fourth-order valence-corrected chi connectivity index (χ4v) is 2.78. The number of urea groups is 1. The van der Waals surface area contributed by atoms with Crippen molar-refractivity contribution < 1.29 is 9.59 Å². The number of hydrogen-bond donors (Lipinski definition) is 3. The van der Waals surface area contributed by atoms with Gasteiger partial charge in [0.15, 0.2) is 0 Å². The van der Waals surface area contributed by atoms with Crippen molar-refractivity contribution in [1.82, 2.24) is 20.4 Å². The summed E-state index contributed by atoms with van der Waals surface area (Å²) in [6.07, 6.45) is 4.12. The van der Waals surface area contributed by atoms with Gasteiger partial charge < -0.3 is 10.6 Å². The Morgan fingerprint density at radius 2 is 2.12 bits per heavy atom. The summed E-state index contributed by atoms with van der Waals surface area (Å²) in [5.41, 5.74) is 1.94. The third kappa shape index (κ3) is 3.56. The van der Waals surface area contributed by atoms with Gasteiger partial charge in [-0.2, -0.15) is 5.10 Å². The maximum atomic E-state index is 12.3. The summed E-state index contributed by atoms with van der Waals surface area (Å²) in [5, 5.41) is 12.6. The fraction of sp³-hybridized carbons (Fsp3) is 0.353. The first-order valence-electron chi connectivity index (χ1n) is 8.10. The van der Waals surface area contributed by atoms with Crippen molar-refractivity contribution in [2.24, 2.45) is 0 Å². The number of nitrogens with one attached hydrogen (secondary N) is 3. The molecule has 2 heterocycles. The van der Waals surface area contributed by atoms with Crippen molar-refractivity contribution >= 4 is 17.8 Å². The van der Waals surface area contributed by atoms with Crippen molar-refractivity contribution in [3.05, 3.63) is 42.1 Å². The molecule has 7 nitrogen and oxygen atoms in total. The Labute approximate surface area is 140 Å². The van der Waals surface area contributed by atoms with Crippen molar-refractivity contribution in [2.45, 2.75) is 32.2 Å². The van der Waals surface area contributed by atoms with Gasteiger partial charge in [0.05, 0.1) is 11.9 Å². The molecule has 1 unspecified atom stereocenters. The second kappa shape index (κ2) is 7.16. The number of nitrogens with zero attached hydrogens (tertiary/aromatic N) is 2. The molecule has 0 aliphatic carbocycles. The van der Waals surface area contributed by atoms with E-state index in [1.807, 2.05) is 31.2 Å². The van der Waals surface area contributed by atoms with E-state index in [4.69, 9.17) is 0 Å². The molecule has 1 aromatic heterocycles. The van der Waals surface area contributed by atoms with Crippen LogP contribution in [0.15, 0.2) is 36.5 Å². The summed E-state index contributed by atoms with van der Waals surface area (Å²) >= 11 is 0. The molecule has 3 N–H and O–H groups in total. The van der Waals surface area contributed by atoms with Crippen molar-refractivity contribution in [2.75, 3.05) is 11.9 Å². The van der Waals surface area contributed by atoms with E-state index in [0.29, 0.717) is 18.8 Å². The third-order valence-corrected chi connectivity index (χ3v) is 4.07. The number of aryl methyl sites for hydroxylation is 1. The minimum Gasteiger partial charge on any atom is -0.354 e. The second-order valence-electron chi connectivity index (χ2n) is 5.85. The van der Waals surface area contributed by atoms with Crippen LogP contribution in [0.1, 0.15) is 24.8 Å². The number of carbonyl (C=O) groups is 2. The quantitative estimate of drug-likeness (QED) is 0.805. The standard InChI is InChI=1S/C17H21N5O2/c1-12-6-2-3-8-14(12)22-15(9-11-19-22)21-17(24)20-13-7-4-5-10-18-16(13)23/h2-3,6,8-9,11,13H,4-5,7,10H2,1H3,(H,18,23)(H2,20,21,24). The molecule has 1 atom stereocenters. The Balaban J connectivity index is 1.71. The van der Waals surface area contributed by atoms with Gasteiger partial charge in [-0.1, -0.05) is 18.2 Å². The smallest absolute Gasteiger partial charge is 0.321 e. The van der Waals surface area contributed by atoms with E-state index in [1.54, 1.807) is 16.9 Å². The van der Waals surface area contributed by atoms with E-state index in [0.717, 1.165) is 24.1 Å². The highest BCUT2D eigenvalue weighted by Crippen LogP contribution is 2.18. The number of para-hydroxylation sites is 1. The van der Waals surface area contributed by atoms with E-state index < -0.39 is 12.1 Å². The zero-order valence-electron chi connectivity index (χ0n) is 13.6. The summed E-state index contributed by atoms with van der Waals surface area (Å²) in [6, 6.07) is 8.60.